The average molecular weight is 522 g/mol. The van der Waals surface area contributed by atoms with Gasteiger partial charge in [0.05, 0.1) is 13.0 Å². The van der Waals surface area contributed by atoms with Gasteiger partial charge in [-0.1, -0.05) is 32.9 Å². The maximum absolute atomic E-state index is 13.9. The zero-order chi connectivity index (χ0) is 28.2. The summed E-state index contributed by atoms with van der Waals surface area (Å²) in [5, 5.41) is 15.5. The van der Waals surface area contributed by atoms with Gasteiger partial charge in [0.1, 0.15) is 23.4 Å². The fourth-order valence-corrected chi connectivity index (χ4v) is 3.74. The molecular formula is C27H43N3O7. The summed E-state index contributed by atoms with van der Waals surface area (Å²) in [5.74, 6) is -1.41. The number of hydrogen-bond donors (Lipinski definition) is 3. The van der Waals surface area contributed by atoms with E-state index in [1.165, 1.54) is 17.0 Å². The third-order valence-corrected chi connectivity index (χ3v) is 5.12. The Hall–Kier alpha value is -3.30. The Kier molecular flexibility index (Phi) is 12.9. The molecule has 0 spiro atoms. The highest BCUT2D eigenvalue weighted by molar-refractivity contribution is 5.92. The minimum Gasteiger partial charge on any atom is -0.508 e. The average Bonchev–Trinajstić information content (AvgIpc) is 2.76. The lowest BCUT2D eigenvalue weighted by Gasteiger charge is -2.34. The normalized spacial score (nSPS) is 12.9. The Morgan fingerprint density at radius 1 is 1.11 bits per heavy atom. The van der Waals surface area contributed by atoms with Gasteiger partial charge in [-0.25, -0.2) is 4.79 Å². The van der Waals surface area contributed by atoms with Crippen molar-refractivity contribution < 1.29 is 33.8 Å². The molecule has 0 fully saturated rings. The highest BCUT2D eigenvalue weighted by Gasteiger charge is 2.36. The fourth-order valence-electron chi connectivity index (χ4n) is 3.74. The lowest BCUT2D eigenvalue weighted by molar-refractivity contribution is -0.144. The molecule has 0 aliphatic carbocycles. The standard InChI is InChI=1S/C27H43N3O7/c1-8-15-30(25(34)21(16-18(3)4)29-26(35)37-27(5,6)7)23(19-11-10-12-20(31)17-19)24(33)28-14-13-22(32)36-9-2/h10-12,17-18,21,23,31H,8-9,13-16H2,1-7H3,(H,28,33)(H,29,35). The molecule has 0 radical (unpaired) electrons. The van der Waals surface area contributed by atoms with Gasteiger partial charge in [-0.3, -0.25) is 14.4 Å². The molecule has 208 valence electrons. The van der Waals surface area contributed by atoms with Gasteiger partial charge >= 0.3 is 12.1 Å². The molecular weight excluding hydrogens is 478 g/mol. The van der Waals surface area contributed by atoms with E-state index in [4.69, 9.17) is 9.47 Å². The van der Waals surface area contributed by atoms with Gasteiger partial charge in [0.15, 0.2) is 0 Å². The Balaban J connectivity index is 3.34. The lowest BCUT2D eigenvalue weighted by atomic mass is 9.99. The zero-order valence-electron chi connectivity index (χ0n) is 23.1. The second kappa shape index (κ2) is 15.1. The van der Waals surface area contributed by atoms with Gasteiger partial charge in [-0.2, -0.15) is 0 Å². The number of aromatic hydroxyl groups is 1. The van der Waals surface area contributed by atoms with Crippen molar-refractivity contribution in [1.29, 1.82) is 0 Å². The van der Waals surface area contributed by atoms with Crippen molar-refractivity contribution in [3.63, 3.8) is 0 Å². The van der Waals surface area contributed by atoms with Crippen molar-refractivity contribution in [1.82, 2.24) is 15.5 Å². The smallest absolute Gasteiger partial charge is 0.408 e. The molecule has 10 heteroatoms. The van der Waals surface area contributed by atoms with Crippen LogP contribution in [0.2, 0.25) is 0 Å². The first-order valence-electron chi connectivity index (χ1n) is 12.8. The summed E-state index contributed by atoms with van der Waals surface area (Å²) < 4.78 is 10.3. The van der Waals surface area contributed by atoms with Gasteiger partial charge in [-0.15, -0.1) is 0 Å². The third kappa shape index (κ3) is 11.5. The molecule has 1 aromatic rings. The van der Waals surface area contributed by atoms with Gasteiger partial charge in [0.2, 0.25) is 11.8 Å². The maximum atomic E-state index is 13.9. The highest BCUT2D eigenvalue weighted by atomic mass is 16.6. The van der Waals surface area contributed by atoms with Crippen molar-refractivity contribution in [2.24, 2.45) is 5.92 Å². The Labute approximate surface area is 220 Å². The van der Waals surface area contributed by atoms with E-state index in [1.807, 2.05) is 20.8 Å². The number of benzene rings is 1. The number of carbonyl (C=O) groups excluding carboxylic acids is 4. The van der Waals surface area contributed by atoms with Crippen LogP contribution in [0.4, 0.5) is 4.79 Å². The summed E-state index contributed by atoms with van der Waals surface area (Å²) in [6, 6.07) is 4.08. The summed E-state index contributed by atoms with van der Waals surface area (Å²) >= 11 is 0. The molecule has 0 bridgehead atoms. The van der Waals surface area contributed by atoms with Crippen LogP contribution in [0, 0.1) is 5.92 Å². The summed E-state index contributed by atoms with van der Waals surface area (Å²) in [7, 11) is 0. The van der Waals surface area contributed by atoms with E-state index in [-0.39, 0.29) is 37.8 Å². The topological polar surface area (TPSA) is 134 Å². The second-order valence-electron chi connectivity index (χ2n) is 10.2. The number of esters is 1. The fraction of sp³-hybridized carbons (Fsp3) is 0.630. The van der Waals surface area contributed by atoms with Gasteiger partial charge in [0, 0.05) is 13.1 Å². The van der Waals surface area contributed by atoms with E-state index in [9.17, 15) is 24.3 Å². The van der Waals surface area contributed by atoms with Gasteiger partial charge in [0.25, 0.3) is 0 Å². The predicted molar refractivity (Wildman–Crippen MR) is 140 cm³/mol. The number of phenolic OH excluding ortho intramolecular Hbond substituents is 1. The number of rotatable bonds is 13. The van der Waals surface area contributed by atoms with Crippen molar-refractivity contribution in [3.8, 4) is 5.75 Å². The van der Waals surface area contributed by atoms with Crippen molar-refractivity contribution in [2.45, 2.75) is 85.4 Å². The molecule has 2 atom stereocenters. The van der Waals surface area contributed by atoms with Gasteiger partial charge < -0.3 is 30.1 Å². The SMILES string of the molecule is CCCN(C(=O)C(CC(C)C)NC(=O)OC(C)(C)C)C(C(=O)NCCC(=O)OCC)c1cccc(O)c1. The number of nitrogens with one attached hydrogen (secondary N) is 2. The molecule has 0 aliphatic heterocycles. The number of hydrogen-bond acceptors (Lipinski definition) is 7. The van der Waals surface area contributed by atoms with E-state index in [0.717, 1.165) is 0 Å². The van der Waals surface area contributed by atoms with Crippen molar-refractivity contribution in [3.05, 3.63) is 29.8 Å². The van der Waals surface area contributed by atoms with Crippen LogP contribution >= 0.6 is 0 Å². The van der Waals surface area contributed by atoms with Gasteiger partial charge in [-0.05, 0) is 64.2 Å². The minimum absolute atomic E-state index is 0.0206. The number of ether oxygens (including phenoxy) is 2. The number of amides is 3. The molecule has 3 N–H and O–H groups in total. The predicted octanol–water partition coefficient (Wildman–Crippen LogP) is 3.68. The van der Waals surface area contributed by atoms with E-state index in [1.54, 1.807) is 39.8 Å². The first kappa shape index (κ1) is 31.7. The number of phenols is 1. The molecule has 1 aromatic carbocycles. The highest BCUT2D eigenvalue weighted by Crippen LogP contribution is 2.26. The first-order valence-corrected chi connectivity index (χ1v) is 12.8. The number of nitrogens with zero attached hydrogens (tertiary/aromatic N) is 1. The summed E-state index contributed by atoms with van der Waals surface area (Å²) in [5.41, 5.74) is -0.349. The summed E-state index contributed by atoms with van der Waals surface area (Å²) in [4.78, 5) is 53.0. The minimum atomic E-state index is -1.10. The molecule has 1 rings (SSSR count). The van der Waals surface area contributed by atoms with Crippen LogP contribution in [0.25, 0.3) is 0 Å². The summed E-state index contributed by atoms with van der Waals surface area (Å²) in [6.07, 6.45) is 0.119. The molecule has 37 heavy (non-hydrogen) atoms. The van der Waals surface area contributed by atoms with E-state index in [2.05, 4.69) is 10.6 Å². The second-order valence-corrected chi connectivity index (χ2v) is 10.2. The molecule has 0 aromatic heterocycles. The number of carbonyl (C=O) groups is 4. The number of alkyl carbamates (subject to hydrolysis) is 1. The Bertz CT molecular complexity index is 912. The molecule has 2 unspecified atom stereocenters. The van der Waals surface area contributed by atoms with Crippen LogP contribution in [0.3, 0.4) is 0 Å². The van der Waals surface area contributed by atoms with Crippen LogP contribution in [0.15, 0.2) is 24.3 Å². The molecule has 0 saturated carbocycles. The summed E-state index contributed by atoms with van der Waals surface area (Å²) in [6.45, 7) is 13.1. The largest absolute Gasteiger partial charge is 0.508 e. The van der Waals surface area contributed by atoms with E-state index >= 15 is 0 Å². The monoisotopic (exact) mass is 521 g/mol. The van der Waals surface area contributed by atoms with Crippen LogP contribution in [0.1, 0.15) is 79.3 Å². The van der Waals surface area contributed by atoms with Crippen LogP contribution in [0.5, 0.6) is 5.75 Å². The van der Waals surface area contributed by atoms with Crippen molar-refractivity contribution in [2.75, 3.05) is 19.7 Å². The molecule has 10 nitrogen and oxygen atoms in total. The Morgan fingerprint density at radius 3 is 2.32 bits per heavy atom. The third-order valence-electron chi connectivity index (χ3n) is 5.12. The molecule has 0 aliphatic rings. The molecule has 3 amide bonds. The molecule has 0 saturated heterocycles. The zero-order valence-corrected chi connectivity index (χ0v) is 23.1. The van der Waals surface area contributed by atoms with Crippen LogP contribution < -0.4 is 10.6 Å². The quantitative estimate of drug-likeness (QED) is 0.337. The van der Waals surface area contributed by atoms with Crippen LogP contribution in [-0.2, 0) is 23.9 Å². The maximum Gasteiger partial charge on any atom is 0.408 e. The molecule has 0 heterocycles. The van der Waals surface area contributed by atoms with Crippen LogP contribution in [-0.4, -0.2) is 65.2 Å². The van der Waals surface area contributed by atoms with E-state index < -0.39 is 41.6 Å². The lowest BCUT2D eigenvalue weighted by Crippen LogP contribution is -2.53. The van der Waals surface area contributed by atoms with E-state index in [0.29, 0.717) is 18.4 Å². The first-order chi connectivity index (χ1) is 17.3. The van der Waals surface area contributed by atoms with Crippen molar-refractivity contribution >= 4 is 23.9 Å². The Morgan fingerprint density at radius 2 is 1.78 bits per heavy atom.